The number of carbonyl (C=O) groups excluding carboxylic acids is 1. The van der Waals surface area contributed by atoms with E-state index in [0.717, 1.165) is 29.5 Å². The number of benzene rings is 2. The largest absolute Gasteiger partial charge is 0.493 e. The van der Waals surface area contributed by atoms with Gasteiger partial charge in [0.15, 0.2) is 0 Å². The first-order valence-corrected chi connectivity index (χ1v) is 12.1. The summed E-state index contributed by atoms with van der Waals surface area (Å²) in [7, 11) is 0. The number of hydrogen-bond acceptors (Lipinski definition) is 3. The maximum Gasteiger partial charge on any atom is 0.313 e. The van der Waals surface area contributed by atoms with Gasteiger partial charge in [0.05, 0.1) is 24.2 Å². The van der Waals surface area contributed by atoms with Crippen LogP contribution in [0.5, 0.6) is 5.75 Å². The van der Waals surface area contributed by atoms with Crippen LogP contribution in [0.2, 0.25) is 5.02 Å². The summed E-state index contributed by atoms with van der Waals surface area (Å²) in [6.07, 6.45) is 5.33. The molecule has 1 unspecified atom stereocenters. The van der Waals surface area contributed by atoms with Crippen LogP contribution in [0.25, 0.3) is 11.1 Å². The van der Waals surface area contributed by atoms with Crippen molar-refractivity contribution in [2.75, 3.05) is 13.2 Å². The Labute approximate surface area is 195 Å². The average Bonchev–Trinajstić information content (AvgIpc) is 3.69. The van der Waals surface area contributed by atoms with Crippen LogP contribution in [0.3, 0.4) is 0 Å². The van der Waals surface area contributed by atoms with Gasteiger partial charge in [0.25, 0.3) is 0 Å². The van der Waals surface area contributed by atoms with E-state index in [1.165, 1.54) is 12.8 Å². The summed E-state index contributed by atoms with van der Waals surface area (Å²) in [5, 5.41) is 0.532. The Hall–Kier alpha value is -2.07. The van der Waals surface area contributed by atoms with Crippen LogP contribution in [0.4, 0.5) is 4.39 Å². The fraction of sp³-hybridized carbons (Fsp3) is 0.519. The second kappa shape index (κ2) is 10.2. The van der Waals surface area contributed by atoms with Gasteiger partial charge in [-0.05, 0) is 78.7 Å². The summed E-state index contributed by atoms with van der Waals surface area (Å²) in [5.41, 5.74) is 3.12. The van der Waals surface area contributed by atoms with Crippen molar-refractivity contribution in [2.24, 2.45) is 17.8 Å². The van der Waals surface area contributed by atoms with E-state index >= 15 is 0 Å². The minimum atomic E-state index is -0.502. The molecule has 0 N–H and O–H groups in total. The third-order valence-corrected chi connectivity index (χ3v) is 6.50. The van der Waals surface area contributed by atoms with Crippen molar-refractivity contribution in [1.82, 2.24) is 0 Å². The van der Waals surface area contributed by atoms with Crippen molar-refractivity contribution in [2.45, 2.75) is 58.5 Å². The molecular formula is C27H32ClFO3. The molecule has 0 aromatic heterocycles. The molecule has 0 saturated heterocycles. The highest BCUT2D eigenvalue weighted by atomic mass is 35.5. The lowest BCUT2D eigenvalue weighted by Crippen LogP contribution is -2.19. The van der Waals surface area contributed by atoms with E-state index in [1.807, 2.05) is 24.3 Å². The molecule has 32 heavy (non-hydrogen) atoms. The molecule has 0 radical (unpaired) electrons. The topological polar surface area (TPSA) is 35.5 Å². The lowest BCUT2D eigenvalue weighted by molar-refractivity contribution is -0.146. The molecule has 2 aromatic carbocycles. The number of alkyl halides is 1. The van der Waals surface area contributed by atoms with Gasteiger partial charge in [-0.3, -0.25) is 4.79 Å². The Morgan fingerprint density at radius 2 is 1.72 bits per heavy atom. The third kappa shape index (κ3) is 6.04. The molecule has 2 aliphatic carbocycles. The molecule has 172 valence electrons. The average molecular weight is 459 g/mol. The molecule has 5 heteroatoms. The lowest BCUT2D eigenvalue weighted by atomic mass is 9.88. The van der Waals surface area contributed by atoms with Gasteiger partial charge in [0, 0.05) is 5.56 Å². The summed E-state index contributed by atoms with van der Waals surface area (Å²) in [5.74, 6) is 1.54. The van der Waals surface area contributed by atoms with E-state index in [2.05, 4.69) is 13.8 Å². The van der Waals surface area contributed by atoms with Crippen molar-refractivity contribution < 1.29 is 18.7 Å². The highest BCUT2D eigenvalue weighted by Crippen LogP contribution is 2.42. The number of rotatable bonds is 11. The number of esters is 1. The molecule has 1 atom stereocenters. The first kappa shape index (κ1) is 23.1. The van der Waals surface area contributed by atoms with Gasteiger partial charge < -0.3 is 9.47 Å². The Kier molecular flexibility index (Phi) is 7.40. The quantitative estimate of drug-likeness (QED) is 0.330. The Balaban J connectivity index is 1.67. The highest BCUT2D eigenvalue weighted by Gasteiger charge is 2.30. The zero-order chi connectivity index (χ0) is 22.7. The number of ether oxygens (including phenoxy) is 2. The third-order valence-electron chi connectivity index (χ3n) is 6.20. The minimum Gasteiger partial charge on any atom is -0.493 e. The molecule has 0 bridgehead atoms. The van der Waals surface area contributed by atoms with E-state index in [4.69, 9.17) is 21.1 Å². The second-order valence-corrected chi connectivity index (χ2v) is 10.1. The minimum absolute atomic E-state index is 0.185. The van der Waals surface area contributed by atoms with Crippen LogP contribution in [-0.2, 0) is 16.2 Å². The Bertz CT molecular complexity index is 933. The van der Waals surface area contributed by atoms with E-state index in [0.29, 0.717) is 53.7 Å². The summed E-state index contributed by atoms with van der Waals surface area (Å²) >= 11 is 6.79. The van der Waals surface area contributed by atoms with Crippen LogP contribution >= 0.6 is 11.6 Å². The van der Waals surface area contributed by atoms with Gasteiger partial charge in [0.1, 0.15) is 12.4 Å². The van der Waals surface area contributed by atoms with E-state index in [1.54, 1.807) is 12.1 Å². The van der Waals surface area contributed by atoms with Gasteiger partial charge in [-0.15, -0.1) is 0 Å². The Morgan fingerprint density at radius 3 is 2.31 bits per heavy atom. The fourth-order valence-electron chi connectivity index (χ4n) is 3.87. The van der Waals surface area contributed by atoms with Crippen LogP contribution in [0.1, 0.15) is 63.0 Å². The van der Waals surface area contributed by atoms with Gasteiger partial charge in [-0.2, -0.15) is 0 Å². The van der Waals surface area contributed by atoms with Crippen LogP contribution in [0, 0.1) is 17.8 Å². The normalized spacial score (nSPS) is 16.8. The van der Waals surface area contributed by atoms with Crippen molar-refractivity contribution in [3.05, 3.63) is 52.5 Å². The summed E-state index contributed by atoms with van der Waals surface area (Å²) < 4.78 is 24.9. The number of hydrogen-bond donors (Lipinski definition) is 0. The van der Waals surface area contributed by atoms with Crippen molar-refractivity contribution in [3.8, 4) is 16.9 Å². The molecule has 2 aliphatic rings. The van der Waals surface area contributed by atoms with Crippen molar-refractivity contribution in [3.63, 3.8) is 0 Å². The molecule has 0 spiro atoms. The van der Waals surface area contributed by atoms with Gasteiger partial charge in [0.2, 0.25) is 0 Å². The zero-order valence-corrected chi connectivity index (χ0v) is 19.7. The fourth-order valence-corrected chi connectivity index (χ4v) is 4.20. The predicted molar refractivity (Wildman–Crippen MR) is 126 cm³/mol. The summed E-state index contributed by atoms with van der Waals surface area (Å²) in [4.78, 5) is 13.0. The molecule has 4 rings (SSSR count). The smallest absolute Gasteiger partial charge is 0.313 e. The number of halogens is 2. The number of carbonyl (C=O) groups is 1. The van der Waals surface area contributed by atoms with Crippen molar-refractivity contribution >= 4 is 17.6 Å². The molecule has 2 saturated carbocycles. The SMILES string of the molecule is CC(C)CC(C(=O)OCC1CC1)c1cc(Cl)c(-c2ccc(CF)cc2)c(OCC2CC2)c1. The monoisotopic (exact) mass is 458 g/mol. The van der Waals surface area contributed by atoms with Crippen LogP contribution in [-0.4, -0.2) is 19.2 Å². The zero-order valence-electron chi connectivity index (χ0n) is 18.9. The van der Waals surface area contributed by atoms with E-state index in [-0.39, 0.29) is 11.9 Å². The van der Waals surface area contributed by atoms with Crippen molar-refractivity contribution in [1.29, 1.82) is 0 Å². The first-order chi connectivity index (χ1) is 15.4. The molecule has 0 aliphatic heterocycles. The first-order valence-electron chi connectivity index (χ1n) is 11.7. The maximum atomic E-state index is 13.0. The molecule has 0 amide bonds. The van der Waals surface area contributed by atoms with Crippen LogP contribution in [0.15, 0.2) is 36.4 Å². The molecule has 2 aromatic rings. The predicted octanol–water partition coefficient (Wildman–Crippen LogP) is 7.35. The molecule has 2 fully saturated rings. The standard InChI is InChI=1S/C27H32ClFO3/c1-17(2)11-23(27(30)32-16-20-5-6-20)22-12-24(28)26(21-9-7-18(14-29)8-10-21)25(13-22)31-15-19-3-4-19/h7-10,12-13,17,19-20,23H,3-6,11,14-16H2,1-2H3. The Morgan fingerprint density at radius 1 is 1.06 bits per heavy atom. The van der Waals surface area contributed by atoms with E-state index in [9.17, 15) is 9.18 Å². The van der Waals surface area contributed by atoms with Crippen LogP contribution < -0.4 is 4.74 Å². The van der Waals surface area contributed by atoms with Gasteiger partial charge in [-0.1, -0.05) is 49.7 Å². The molecular weight excluding hydrogens is 427 g/mol. The summed E-state index contributed by atoms with van der Waals surface area (Å²) in [6, 6.07) is 11.1. The second-order valence-electron chi connectivity index (χ2n) is 9.72. The van der Waals surface area contributed by atoms with E-state index < -0.39 is 6.67 Å². The van der Waals surface area contributed by atoms with Gasteiger partial charge in [-0.25, -0.2) is 4.39 Å². The summed E-state index contributed by atoms with van der Waals surface area (Å²) in [6.45, 7) is 4.85. The maximum absolute atomic E-state index is 13.0. The molecule has 0 heterocycles. The highest BCUT2D eigenvalue weighted by molar-refractivity contribution is 6.33. The lowest BCUT2D eigenvalue weighted by Gasteiger charge is -2.22. The molecule has 3 nitrogen and oxygen atoms in total. The van der Waals surface area contributed by atoms with Gasteiger partial charge >= 0.3 is 5.97 Å².